The van der Waals surface area contributed by atoms with E-state index in [1.807, 2.05) is 29.0 Å². The number of benzene rings is 1. The number of nitrogens with one attached hydrogen (secondary N) is 1. The van der Waals surface area contributed by atoms with Crippen LogP contribution < -0.4 is 5.32 Å². The van der Waals surface area contributed by atoms with Crippen molar-refractivity contribution in [1.29, 1.82) is 0 Å². The van der Waals surface area contributed by atoms with Crippen molar-refractivity contribution in [2.45, 2.75) is 25.3 Å². The van der Waals surface area contributed by atoms with Gasteiger partial charge in [-0.15, -0.1) is 0 Å². The number of halogens is 1. The molecule has 1 atom stereocenters. The molecule has 0 unspecified atom stereocenters. The number of carbonyl (C=O) groups excluding carboxylic acids is 1. The van der Waals surface area contributed by atoms with Crippen LogP contribution in [0.25, 0.3) is 0 Å². The van der Waals surface area contributed by atoms with Crippen molar-refractivity contribution in [2.75, 3.05) is 0 Å². The summed E-state index contributed by atoms with van der Waals surface area (Å²) in [6.45, 7) is 0. The quantitative estimate of drug-likeness (QED) is 0.815. The Kier molecular flexibility index (Phi) is 5.98. The number of aliphatic carboxylic acids is 1. The molecule has 0 bridgehead atoms. The Morgan fingerprint density at radius 1 is 1.18 bits per heavy atom. The molecule has 0 aliphatic carbocycles. The monoisotopic (exact) mass is 337 g/mol. The standard InChI is InChI=1S/C16H16ClNO3S/c17-13-3-1-11(2-4-13)7-14(9-16(20)21)18-15(19)8-12-5-6-22-10-12/h1-6,10,14H,7-9H2,(H,18,19)(H,20,21)/t14-/m0/s1. The summed E-state index contributed by atoms with van der Waals surface area (Å²) in [5.74, 6) is -1.10. The molecule has 2 N–H and O–H groups in total. The second kappa shape index (κ2) is 7.96. The Morgan fingerprint density at radius 3 is 2.50 bits per heavy atom. The lowest BCUT2D eigenvalue weighted by Crippen LogP contribution is -2.38. The third kappa shape index (κ3) is 5.50. The normalized spacial score (nSPS) is 11.9. The lowest BCUT2D eigenvalue weighted by Gasteiger charge is -2.17. The average molecular weight is 338 g/mol. The summed E-state index contributed by atoms with van der Waals surface area (Å²) in [6.07, 6.45) is 0.608. The Balaban J connectivity index is 1.97. The molecule has 1 aromatic heterocycles. The molecule has 0 fully saturated rings. The van der Waals surface area contributed by atoms with Crippen molar-refractivity contribution >= 4 is 34.8 Å². The SMILES string of the molecule is O=C(O)C[C@H](Cc1ccc(Cl)cc1)NC(=O)Cc1ccsc1. The highest BCUT2D eigenvalue weighted by Crippen LogP contribution is 2.13. The second-order valence-corrected chi connectivity index (χ2v) is 6.22. The topological polar surface area (TPSA) is 66.4 Å². The van der Waals surface area contributed by atoms with Gasteiger partial charge in [0.25, 0.3) is 0 Å². The summed E-state index contributed by atoms with van der Waals surface area (Å²) in [5.41, 5.74) is 1.87. The first-order chi connectivity index (χ1) is 10.5. The Bertz CT molecular complexity index is 625. The van der Waals surface area contributed by atoms with E-state index in [1.54, 1.807) is 12.1 Å². The number of hydrogen-bond acceptors (Lipinski definition) is 3. The number of hydrogen-bond donors (Lipinski definition) is 2. The average Bonchev–Trinajstić information content (AvgIpc) is 2.93. The van der Waals surface area contributed by atoms with Crippen molar-refractivity contribution in [3.8, 4) is 0 Å². The number of amides is 1. The van der Waals surface area contributed by atoms with Gasteiger partial charge in [0.05, 0.1) is 12.8 Å². The minimum Gasteiger partial charge on any atom is -0.481 e. The molecule has 0 aliphatic heterocycles. The minimum atomic E-state index is -0.935. The van der Waals surface area contributed by atoms with Crippen LogP contribution >= 0.6 is 22.9 Å². The predicted molar refractivity (Wildman–Crippen MR) is 87.4 cm³/mol. The Hall–Kier alpha value is -1.85. The van der Waals surface area contributed by atoms with Gasteiger partial charge in [-0.25, -0.2) is 0 Å². The molecule has 0 saturated heterocycles. The molecule has 1 aromatic carbocycles. The fourth-order valence-corrected chi connectivity index (χ4v) is 2.94. The van der Waals surface area contributed by atoms with Gasteiger partial charge in [0, 0.05) is 11.1 Å². The third-order valence-corrected chi connectivity index (χ3v) is 4.11. The summed E-state index contributed by atoms with van der Waals surface area (Å²) >= 11 is 7.36. The minimum absolute atomic E-state index is 0.113. The van der Waals surface area contributed by atoms with E-state index < -0.39 is 12.0 Å². The number of thiophene rings is 1. The fraction of sp³-hybridized carbons (Fsp3) is 0.250. The highest BCUT2D eigenvalue weighted by Gasteiger charge is 2.17. The van der Waals surface area contributed by atoms with Crippen LogP contribution in [0.5, 0.6) is 0 Å². The van der Waals surface area contributed by atoms with Crippen LogP contribution in [0.4, 0.5) is 0 Å². The summed E-state index contributed by atoms with van der Waals surface area (Å²) in [5, 5.41) is 16.2. The van der Waals surface area contributed by atoms with Crippen LogP contribution in [0.15, 0.2) is 41.1 Å². The summed E-state index contributed by atoms with van der Waals surface area (Å²) in [6, 6.07) is 8.62. The van der Waals surface area contributed by atoms with E-state index in [-0.39, 0.29) is 18.7 Å². The highest BCUT2D eigenvalue weighted by atomic mass is 35.5. The maximum Gasteiger partial charge on any atom is 0.305 e. The van der Waals surface area contributed by atoms with Gasteiger partial charge >= 0.3 is 5.97 Å². The molecule has 2 aromatic rings. The maximum absolute atomic E-state index is 12.0. The van der Waals surface area contributed by atoms with E-state index in [2.05, 4.69) is 5.32 Å². The Morgan fingerprint density at radius 2 is 1.91 bits per heavy atom. The van der Waals surface area contributed by atoms with Crippen LogP contribution in [0.2, 0.25) is 5.02 Å². The molecule has 1 heterocycles. The second-order valence-electron chi connectivity index (χ2n) is 5.00. The first kappa shape index (κ1) is 16.5. The van der Waals surface area contributed by atoms with Gasteiger partial charge in [0.15, 0.2) is 0 Å². The van der Waals surface area contributed by atoms with Crippen molar-refractivity contribution in [3.05, 3.63) is 57.2 Å². The Labute approximate surface area is 137 Å². The number of carboxylic acid groups (broad SMARTS) is 1. The van der Waals surface area contributed by atoms with Crippen LogP contribution in [0.1, 0.15) is 17.5 Å². The van der Waals surface area contributed by atoms with Crippen LogP contribution in [-0.4, -0.2) is 23.0 Å². The molecule has 0 saturated carbocycles. The van der Waals surface area contributed by atoms with Gasteiger partial charge < -0.3 is 10.4 Å². The summed E-state index contributed by atoms with van der Waals surface area (Å²) in [4.78, 5) is 23.0. The fourth-order valence-electron chi connectivity index (χ4n) is 2.15. The van der Waals surface area contributed by atoms with Crippen LogP contribution in [-0.2, 0) is 22.4 Å². The van der Waals surface area contributed by atoms with Crippen LogP contribution in [0, 0.1) is 0 Å². The van der Waals surface area contributed by atoms with Gasteiger partial charge in [0.1, 0.15) is 0 Å². The number of carbonyl (C=O) groups is 2. The molecular weight excluding hydrogens is 322 g/mol. The molecular formula is C16H16ClNO3S. The van der Waals surface area contributed by atoms with E-state index in [9.17, 15) is 9.59 Å². The van der Waals surface area contributed by atoms with Gasteiger partial charge in [-0.2, -0.15) is 11.3 Å². The van der Waals surface area contributed by atoms with Gasteiger partial charge in [-0.3, -0.25) is 9.59 Å². The highest BCUT2D eigenvalue weighted by molar-refractivity contribution is 7.08. The molecule has 6 heteroatoms. The van der Waals surface area contributed by atoms with Gasteiger partial charge in [-0.1, -0.05) is 23.7 Å². The molecule has 0 radical (unpaired) electrons. The molecule has 2 rings (SSSR count). The molecule has 116 valence electrons. The molecule has 4 nitrogen and oxygen atoms in total. The van der Waals surface area contributed by atoms with Crippen molar-refractivity contribution in [1.82, 2.24) is 5.32 Å². The molecule has 22 heavy (non-hydrogen) atoms. The third-order valence-electron chi connectivity index (χ3n) is 3.13. The number of rotatable bonds is 7. The first-order valence-electron chi connectivity index (χ1n) is 6.79. The molecule has 0 aliphatic rings. The van der Waals surface area contributed by atoms with E-state index >= 15 is 0 Å². The summed E-state index contributed by atoms with van der Waals surface area (Å²) in [7, 11) is 0. The van der Waals surface area contributed by atoms with Crippen molar-refractivity contribution < 1.29 is 14.7 Å². The van der Waals surface area contributed by atoms with Crippen molar-refractivity contribution in [3.63, 3.8) is 0 Å². The molecule has 0 spiro atoms. The van der Waals surface area contributed by atoms with Crippen molar-refractivity contribution in [2.24, 2.45) is 0 Å². The van der Waals surface area contributed by atoms with E-state index in [4.69, 9.17) is 16.7 Å². The zero-order valence-electron chi connectivity index (χ0n) is 11.8. The van der Waals surface area contributed by atoms with E-state index in [0.29, 0.717) is 11.4 Å². The largest absolute Gasteiger partial charge is 0.481 e. The smallest absolute Gasteiger partial charge is 0.305 e. The number of carboxylic acids is 1. The molecule has 1 amide bonds. The van der Waals surface area contributed by atoms with Gasteiger partial charge in [0.2, 0.25) is 5.91 Å². The van der Waals surface area contributed by atoms with Crippen LogP contribution in [0.3, 0.4) is 0 Å². The first-order valence-corrected chi connectivity index (χ1v) is 8.11. The zero-order chi connectivity index (χ0) is 15.9. The lowest BCUT2D eigenvalue weighted by molar-refractivity contribution is -0.137. The lowest BCUT2D eigenvalue weighted by atomic mass is 10.0. The predicted octanol–water partition coefficient (Wildman–Crippen LogP) is 3.15. The van der Waals surface area contributed by atoms with Gasteiger partial charge in [-0.05, 0) is 46.5 Å². The summed E-state index contributed by atoms with van der Waals surface area (Å²) < 4.78 is 0. The maximum atomic E-state index is 12.0. The zero-order valence-corrected chi connectivity index (χ0v) is 13.4. The van der Waals surface area contributed by atoms with E-state index in [1.165, 1.54) is 11.3 Å². The van der Waals surface area contributed by atoms with E-state index in [0.717, 1.165) is 11.1 Å².